The van der Waals surface area contributed by atoms with Crippen LogP contribution in [0.5, 0.6) is 5.75 Å². The number of benzene rings is 2. The van der Waals surface area contributed by atoms with Gasteiger partial charge in [-0.3, -0.25) is 4.79 Å². The van der Waals surface area contributed by atoms with Crippen molar-refractivity contribution in [3.8, 4) is 5.75 Å². The van der Waals surface area contributed by atoms with Crippen LogP contribution < -0.4 is 15.5 Å². The molecule has 0 saturated carbocycles. The van der Waals surface area contributed by atoms with E-state index in [1.165, 1.54) is 22.9 Å². The SMILES string of the molecule is CCOc1cc2c(cc1NCc1c(F)cc(F)cc1F)c(=O)c(C(=O)O)cn2[C@H](CO)C(C)C. The number of aliphatic hydroxyl groups excluding tert-OH is 1. The first kappa shape index (κ1) is 25.1. The van der Waals surface area contributed by atoms with Gasteiger partial charge in [-0.1, -0.05) is 13.8 Å². The number of nitrogens with one attached hydrogen (secondary N) is 1. The third kappa shape index (κ3) is 4.86. The Morgan fingerprint density at radius 1 is 1.15 bits per heavy atom. The second kappa shape index (κ2) is 10.2. The van der Waals surface area contributed by atoms with E-state index in [0.717, 1.165) is 0 Å². The van der Waals surface area contributed by atoms with Crippen molar-refractivity contribution in [2.24, 2.45) is 5.92 Å². The Balaban J connectivity index is 2.21. The zero-order valence-corrected chi connectivity index (χ0v) is 18.9. The molecule has 1 aromatic heterocycles. The van der Waals surface area contributed by atoms with Crippen LogP contribution in [0, 0.1) is 23.4 Å². The summed E-state index contributed by atoms with van der Waals surface area (Å²) in [6, 6.07) is 3.44. The van der Waals surface area contributed by atoms with E-state index in [1.54, 1.807) is 6.92 Å². The molecule has 0 spiro atoms. The van der Waals surface area contributed by atoms with E-state index in [9.17, 15) is 33.0 Å². The number of pyridine rings is 1. The van der Waals surface area contributed by atoms with Gasteiger partial charge in [-0.2, -0.15) is 0 Å². The molecule has 0 bridgehead atoms. The summed E-state index contributed by atoms with van der Waals surface area (Å²) >= 11 is 0. The first-order chi connectivity index (χ1) is 16.1. The Kier molecular flexibility index (Phi) is 7.51. The number of hydrogen-bond donors (Lipinski definition) is 3. The number of carboxylic acid groups (broad SMARTS) is 1. The minimum absolute atomic E-state index is 0.0185. The highest BCUT2D eigenvalue weighted by Gasteiger charge is 2.23. The van der Waals surface area contributed by atoms with Gasteiger partial charge >= 0.3 is 5.97 Å². The van der Waals surface area contributed by atoms with E-state index >= 15 is 0 Å². The van der Waals surface area contributed by atoms with Gasteiger partial charge in [-0.15, -0.1) is 0 Å². The molecule has 3 aromatic rings. The Hall–Kier alpha value is -3.53. The normalized spacial score (nSPS) is 12.2. The van der Waals surface area contributed by atoms with Gasteiger partial charge in [0.1, 0.15) is 28.8 Å². The van der Waals surface area contributed by atoms with E-state index in [-0.39, 0.29) is 42.5 Å². The summed E-state index contributed by atoms with van der Waals surface area (Å²) in [7, 11) is 0. The molecule has 3 rings (SSSR count). The fraction of sp³-hybridized carbons (Fsp3) is 0.333. The van der Waals surface area contributed by atoms with E-state index in [1.807, 2.05) is 13.8 Å². The molecule has 0 aliphatic rings. The Bertz CT molecular complexity index is 1270. The molecule has 2 aromatic carbocycles. The molecule has 0 saturated heterocycles. The number of carboxylic acids is 1. The highest BCUT2D eigenvalue weighted by molar-refractivity contribution is 5.94. The summed E-state index contributed by atoms with van der Waals surface area (Å²) < 4.78 is 48.6. The van der Waals surface area contributed by atoms with Crippen LogP contribution in [0.4, 0.5) is 18.9 Å². The molecule has 3 N–H and O–H groups in total. The second-order valence-corrected chi connectivity index (χ2v) is 8.08. The van der Waals surface area contributed by atoms with Gasteiger partial charge in [0, 0.05) is 41.9 Å². The molecular weight excluding hydrogens is 453 g/mol. The van der Waals surface area contributed by atoms with Gasteiger partial charge in [0.2, 0.25) is 5.43 Å². The zero-order valence-electron chi connectivity index (χ0n) is 18.9. The molecule has 0 radical (unpaired) electrons. The van der Waals surface area contributed by atoms with Crippen molar-refractivity contribution in [2.75, 3.05) is 18.5 Å². The number of ether oxygens (including phenoxy) is 1. The first-order valence-corrected chi connectivity index (χ1v) is 10.7. The second-order valence-electron chi connectivity index (χ2n) is 8.08. The largest absolute Gasteiger partial charge is 0.492 e. The first-order valence-electron chi connectivity index (χ1n) is 10.7. The standard InChI is InChI=1S/C24H25F3N2O5/c1-4-34-22-8-20-14(7-19(22)28-9-15-17(26)5-13(25)6-18(15)27)23(31)16(24(32)33)10-29(20)21(11-30)12(2)3/h5-8,10,12,21,28,30H,4,9,11H2,1-3H3,(H,32,33)/t21-/m1/s1. The number of fused-ring (bicyclic) bond motifs is 1. The van der Waals surface area contributed by atoms with Crippen molar-refractivity contribution in [3.63, 3.8) is 0 Å². The van der Waals surface area contributed by atoms with Gasteiger partial charge < -0.3 is 24.8 Å². The molecular formula is C24H25F3N2O5. The van der Waals surface area contributed by atoms with Crippen LogP contribution in [0.15, 0.2) is 35.3 Å². The van der Waals surface area contributed by atoms with Gasteiger partial charge in [-0.05, 0) is 18.9 Å². The molecule has 0 amide bonds. The number of carbonyl (C=O) groups is 1. The zero-order chi connectivity index (χ0) is 25.2. The fourth-order valence-electron chi connectivity index (χ4n) is 3.76. The molecule has 0 aliphatic heterocycles. The molecule has 1 heterocycles. The molecule has 0 fully saturated rings. The lowest BCUT2D eigenvalue weighted by Gasteiger charge is -2.25. The van der Waals surface area contributed by atoms with Crippen molar-refractivity contribution >= 4 is 22.6 Å². The summed E-state index contributed by atoms with van der Waals surface area (Å²) in [5.41, 5.74) is -1.15. The molecule has 1 atom stereocenters. The highest BCUT2D eigenvalue weighted by Crippen LogP contribution is 2.33. The van der Waals surface area contributed by atoms with Crippen molar-refractivity contribution in [1.29, 1.82) is 0 Å². The van der Waals surface area contributed by atoms with Crippen LogP contribution in [0.1, 0.15) is 42.7 Å². The van der Waals surface area contributed by atoms with Crippen LogP contribution in [0.25, 0.3) is 10.9 Å². The number of nitrogens with zero attached hydrogens (tertiary/aromatic N) is 1. The van der Waals surface area contributed by atoms with E-state index < -0.39 is 46.0 Å². The van der Waals surface area contributed by atoms with Crippen molar-refractivity contribution in [3.05, 3.63) is 69.3 Å². The third-order valence-corrected chi connectivity index (χ3v) is 5.54. The number of hydrogen-bond acceptors (Lipinski definition) is 5. The van der Waals surface area contributed by atoms with Crippen molar-refractivity contribution < 1.29 is 32.9 Å². The van der Waals surface area contributed by atoms with E-state index in [0.29, 0.717) is 17.6 Å². The number of aliphatic hydroxyl groups is 1. The number of rotatable bonds is 9. The van der Waals surface area contributed by atoms with Gasteiger partial charge in [-0.25, -0.2) is 18.0 Å². The smallest absolute Gasteiger partial charge is 0.341 e. The number of anilines is 1. The minimum Gasteiger partial charge on any atom is -0.492 e. The number of aromatic carboxylic acids is 1. The predicted octanol–water partition coefficient (Wildman–Crippen LogP) is 4.32. The van der Waals surface area contributed by atoms with Gasteiger partial charge in [0.15, 0.2) is 0 Å². The van der Waals surface area contributed by atoms with Gasteiger partial charge in [0.25, 0.3) is 0 Å². The lowest BCUT2D eigenvalue weighted by atomic mass is 10.0. The average molecular weight is 478 g/mol. The Morgan fingerprint density at radius 2 is 1.79 bits per heavy atom. The van der Waals surface area contributed by atoms with Crippen molar-refractivity contribution in [1.82, 2.24) is 4.57 Å². The molecule has 34 heavy (non-hydrogen) atoms. The number of halogens is 3. The summed E-state index contributed by atoms with van der Waals surface area (Å²) in [6.07, 6.45) is 1.19. The lowest BCUT2D eigenvalue weighted by molar-refractivity contribution is 0.0694. The van der Waals surface area contributed by atoms with Crippen LogP contribution in [0.3, 0.4) is 0 Å². The minimum atomic E-state index is -1.43. The quantitative estimate of drug-likeness (QED) is 0.424. The Morgan fingerprint density at radius 3 is 2.32 bits per heavy atom. The maximum absolute atomic E-state index is 14.1. The Labute approximate surface area is 193 Å². The molecule has 10 heteroatoms. The monoisotopic (exact) mass is 478 g/mol. The topological polar surface area (TPSA) is 101 Å². The fourth-order valence-corrected chi connectivity index (χ4v) is 3.76. The highest BCUT2D eigenvalue weighted by atomic mass is 19.1. The van der Waals surface area contributed by atoms with E-state index in [2.05, 4.69) is 5.32 Å². The average Bonchev–Trinajstić information content (AvgIpc) is 2.75. The summed E-state index contributed by atoms with van der Waals surface area (Å²) in [5.74, 6) is -4.50. The van der Waals surface area contributed by atoms with Crippen LogP contribution in [-0.4, -0.2) is 34.0 Å². The molecule has 0 aliphatic carbocycles. The van der Waals surface area contributed by atoms with Gasteiger partial charge in [0.05, 0.1) is 30.5 Å². The van der Waals surface area contributed by atoms with Crippen LogP contribution in [-0.2, 0) is 6.54 Å². The predicted molar refractivity (Wildman–Crippen MR) is 121 cm³/mol. The summed E-state index contributed by atoms with van der Waals surface area (Å²) in [6.45, 7) is 4.94. The maximum Gasteiger partial charge on any atom is 0.341 e. The van der Waals surface area contributed by atoms with Crippen molar-refractivity contribution in [2.45, 2.75) is 33.4 Å². The molecule has 0 unspecified atom stereocenters. The lowest BCUT2D eigenvalue weighted by Crippen LogP contribution is -2.25. The van der Waals surface area contributed by atoms with Crippen LogP contribution >= 0.6 is 0 Å². The van der Waals surface area contributed by atoms with Crippen LogP contribution in [0.2, 0.25) is 0 Å². The maximum atomic E-state index is 14.1. The molecule has 7 nitrogen and oxygen atoms in total. The molecule has 182 valence electrons. The van der Waals surface area contributed by atoms with E-state index in [4.69, 9.17) is 4.74 Å². The summed E-state index contributed by atoms with van der Waals surface area (Å²) in [4.78, 5) is 24.7. The summed E-state index contributed by atoms with van der Waals surface area (Å²) in [5, 5.41) is 22.3. The number of aromatic nitrogens is 1. The third-order valence-electron chi connectivity index (χ3n) is 5.54.